The van der Waals surface area contributed by atoms with Gasteiger partial charge in [0.25, 0.3) is 0 Å². The molecule has 0 radical (unpaired) electrons. The number of piperidine rings is 1. The van der Waals surface area contributed by atoms with E-state index in [0.29, 0.717) is 38.1 Å². The Morgan fingerprint density at radius 3 is 2.37 bits per heavy atom. The normalized spacial score (nSPS) is 16.8. The predicted octanol–water partition coefficient (Wildman–Crippen LogP) is 3.77. The molecule has 0 bridgehead atoms. The smallest absolute Gasteiger partial charge is 0.405 e. The van der Waals surface area contributed by atoms with E-state index in [-0.39, 0.29) is 11.9 Å². The Kier molecular flexibility index (Phi) is 7.87. The number of carboxylic acid groups (broad SMARTS) is 1. The van der Waals surface area contributed by atoms with Gasteiger partial charge in [-0.15, -0.1) is 0 Å². The first-order valence-electron chi connectivity index (χ1n) is 9.72. The number of hydrogen-bond donors (Lipinski definition) is 2. The zero-order valence-electron chi connectivity index (χ0n) is 16.4. The maximum Gasteiger partial charge on any atom is 0.405 e. The molecule has 0 aromatic heterocycles. The molecule has 1 heterocycles. The number of rotatable bonds is 8. The van der Waals surface area contributed by atoms with E-state index in [2.05, 4.69) is 21.2 Å². The summed E-state index contributed by atoms with van der Waals surface area (Å²) in [7, 11) is -3.62. The molecule has 0 saturated carbocycles. The molecule has 1 atom stereocenters. The van der Waals surface area contributed by atoms with Crippen LogP contribution in [0.1, 0.15) is 30.0 Å². The molecule has 0 spiro atoms. The van der Waals surface area contributed by atoms with Gasteiger partial charge < -0.3 is 15.2 Å². The van der Waals surface area contributed by atoms with Crippen LogP contribution in [0.15, 0.2) is 59.1 Å². The van der Waals surface area contributed by atoms with E-state index in [4.69, 9.17) is 9.84 Å². The first-order chi connectivity index (χ1) is 14.3. The van der Waals surface area contributed by atoms with E-state index in [9.17, 15) is 13.2 Å². The van der Waals surface area contributed by atoms with Gasteiger partial charge in [-0.25, -0.2) is 17.5 Å². The molecule has 1 amide bonds. The average molecular weight is 497 g/mol. The summed E-state index contributed by atoms with van der Waals surface area (Å²) in [5.41, 5.74) is 1.69. The topological polar surface area (TPSA) is 95.9 Å². The zero-order valence-corrected chi connectivity index (χ0v) is 18.8. The van der Waals surface area contributed by atoms with Crippen LogP contribution in [0.5, 0.6) is 0 Å². The third-order valence-corrected chi connectivity index (χ3v) is 7.51. The second-order valence-electron chi connectivity index (χ2n) is 7.23. The molecule has 30 heavy (non-hydrogen) atoms. The standard InChI is InChI=1S/C21H25BrN2O5S/c22-18-8-6-16(7-9-18)14-29-19-10-12-24(13-11-19)30(27,28)15-20(23-21(25)26)17-4-2-1-3-5-17/h1-9,19-20,23H,10-15H2,(H,25,26)/t20-/m0/s1. The van der Waals surface area contributed by atoms with Gasteiger partial charge in [0.1, 0.15) is 0 Å². The predicted molar refractivity (Wildman–Crippen MR) is 118 cm³/mol. The van der Waals surface area contributed by atoms with E-state index in [1.807, 2.05) is 24.3 Å². The minimum Gasteiger partial charge on any atom is -0.465 e. The van der Waals surface area contributed by atoms with Gasteiger partial charge in [0.05, 0.1) is 24.5 Å². The lowest BCUT2D eigenvalue weighted by atomic mass is 10.1. The van der Waals surface area contributed by atoms with Crippen molar-refractivity contribution in [3.63, 3.8) is 0 Å². The van der Waals surface area contributed by atoms with Crippen molar-refractivity contribution < 1.29 is 23.1 Å². The molecule has 1 saturated heterocycles. The minimum absolute atomic E-state index is 0.00200. The number of amides is 1. The van der Waals surface area contributed by atoms with Crippen LogP contribution in [0.2, 0.25) is 0 Å². The van der Waals surface area contributed by atoms with E-state index in [1.54, 1.807) is 30.3 Å². The Balaban J connectivity index is 1.55. The maximum atomic E-state index is 12.9. The van der Waals surface area contributed by atoms with Gasteiger partial charge in [-0.3, -0.25) is 0 Å². The molecule has 2 aromatic carbocycles. The number of halogens is 1. The lowest BCUT2D eigenvalue weighted by molar-refractivity contribution is 0.0102. The Morgan fingerprint density at radius 1 is 1.13 bits per heavy atom. The molecule has 1 aliphatic heterocycles. The van der Waals surface area contributed by atoms with Crippen LogP contribution in [0.3, 0.4) is 0 Å². The van der Waals surface area contributed by atoms with E-state index < -0.39 is 22.2 Å². The molecular weight excluding hydrogens is 472 g/mol. The molecule has 162 valence electrons. The Labute approximate surface area is 185 Å². The Bertz CT molecular complexity index is 930. The van der Waals surface area contributed by atoms with Crippen molar-refractivity contribution in [3.05, 3.63) is 70.2 Å². The monoisotopic (exact) mass is 496 g/mol. The van der Waals surface area contributed by atoms with Crippen LogP contribution in [-0.4, -0.2) is 48.9 Å². The summed E-state index contributed by atoms with van der Waals surface area (Å²) in [6.07, 6.45) is -0.0303. The summed E-state index contributed by atoms with van der Waals surface area (Å²) in [5, 5.41) is 11.4. The quantitative estimate of drug-likeness (QED) is 0.579. The van der Waals surface area contributed by atoms with Crippen LogP contribution < -0.4 is 5.32 Å². The third kappa shape index (κ3) is 6.53. The lowest BCUT2D eigenvalue weighted by Gasteiger charge is -2.32. The number of nitrogens with one attached hydrogen (secondary N) is 1. The molecule has 0 aliphatic carbocycles. The first kappa shape index (κ1) is 22.7. The molecule has 0 unspecified atom stereocenters. The lowest BCUT2D eigenvalue weighted by Crippen LogP contribution is -2.44. The highest BCUT2D eigenvalue weighted by atomic mass is 79.9. The average Bonchev–Trinajstić information content (AvgIpc) is 2.73. The van der Waals surface area contributed by atoms with Gasteiger partial charge in [-0.1, -0.05) is 58.4 Å². The van der Waals surface area contributed by atoms with Crippen LogP contribution in [0.4, 0.5) is 4.79 Å². The fourth-order valence-electron chi connectivity index (χ4n) is 3.44. The van der Waals surface area contributed by atoms with Crippen LogP contribution in [0, 0.1) is 0 Å². The Hall–Kier alpha value is -1.94. The number of sulfonamides is 1. The highest BCUT2D eigenvalue weighted by Crippen LogP contribution is 2.22. The summed E-state index contributed by atoms with van der Waals surface area (Å²) in [6.45, 7) is 1.22. The van der Waals surface area contributed by atoms with E-state index in [1.165, 1.54) is 4.31 Å². The van der Waals surface area contributed by atoms with Crippen molar-refractivity contribution in [1.29, 1.82) is 0 Å². The van der Waals surface area contributed by atoms with Crippen molar-refractivity contribution in [1.82, 2.24) is 9.62 Å². The number of carbonyl (C=O) groups is 1. The first-order valence-corrected chi connectivity index (χ1v) is 12.1. The van der Waals surface area contributed by atoms with Gasteiger partial charge in [-0.2, -0.15) is 0 Å². The number of benzene rings is 2. The van der Waals surface area contributed by atoms with Crippen molar-refractivity contribution in [3.8, 4) is 0 Å². The summed E-state index contributed by atoms with van der Waals surface area (Å²) in [5.74, 6) is -0.312. The molecule has 2 aromatic rings. The molecule has 1 fully saturated rings. The Morgan fingerprint density at radius 2 is 1.77 bits per heavy atom. The second-order valence-corrected chi connectivity index (χ2v) is 10.2. The number of hydrogen-bond acceptors (Lipinski definition) is 4. The van der Waals surface area contributed by atoms with Gasteiger partial charge in [0, 0.05) is 17.6 Å². The van der Waals surface area contributed by atoms with Crippen molar-refractivity contribution in [2.45, 2.75) is 31.6 Å². The van der Waals surface area contributed by atoms with Crippen LogP contribution in [0.25, 0.3) is 0 Å². The van der Waals surface area contributed by atoms with Crippen molar-refractivity contribution in [2.75, 3.05) is 18.8 Å². The summed E-state index contributed by atoms with van der Waals surface area (Å²) >= 11 is 3.40. The fourth-order valence-corrected chi connectivity index (χ4v) is 5.38. The molecule has 9 heteroatoms. The summed E-state index contributed by atoms with van der Waals surface area (Å²) < 4.78 is 34.2. The maximum absolute atomic E-state index is 12.9. The van der Waals surface area contributed by atoms with E-state index >= 15 is 0 Å². The third-order valence-electron chi connectivity index (χ3n) is 5.07. The minimum atomic E-state index is -3.62. The number of ether oxygens (including phenoxy) is 1. The number of nitrogens with zero attached hydrogens (tertiary/aromatic N) is 1. The SMILES string of the molecule is O=C(O)N[C@@H](CS(=O)(=O)N1CCC(OCc2ccc(Br)cc2)CC1)c1ccccc1. The highest BCUT2D eigenvalue weighted by molar-refractivity contribution is 9.10. The molecular formula is C21H25BrN2O5S. The van der Waals surface area contributed by atoms with Gasteiger partial charge in [0.2, 0.25) is 10.0 Å². The van der Waals surface area contributed by atoms with Crippen molar-refractivity contribution >= 4 is 32.0 Å². The largest absolute Gasteiger partial charge is 0.465 e. The molecule has 7 nitrogen and oxygen atoms in total. The second kappa shape index (κ2) is 10.4. The van der Waals surface area contributed by atoms with E-state index in [0.717, 1.165) is 10.0 Å². The summed E-state index contributed by atoms with van der Waals surface area (Å²) in [4.78, 5) is 11.2. The van der Waals surface area contributed by atoms with Crippen LogP contribution in [-0.2, 0) is 21.4 Å². The van der Waals surface area contributed by atoms with Gasteiger partial charge >= 0.3 is 6.09 Å². The van der Waals surface area contributed by atoms with Crippen LogP contribution >= 0.6 is 15.9 Å². The van der Waals surface area contributed by atoms with Crippen molar-refractivity contribution in [2.24, 2.45) is 0 Å². The molecule has 3 rings (SSSR count). The van der Waals surface area contributed by atoms with Gasteiger partial charge in [0.15, 0.2) is 0 Å². The van der Waals surface area contributed by atoms with Gasteiger partial charge in [-0.05, 0) is 36.1 Å². The summed E-state index contributed by atoms with van der Waals surface area (Å²) in [6, 6.07) is 15.8. The molecule has 2 N–H and O–H groups in total. The molecule has 1 aliphatic rings. The highest BCUT2D eigenvalue weighted by Gasteiger charge is 2.31. The zero-order chi connectivity index (χ0) is 21.6. The fraction of sp³-hybridized carbons (Fsp3) is 0.381.